The normalized spacial score (nSPS) is 11.8. The summed E-state index contributed by atoms with van der Waals surface area (Å²) in [5.41, 5.74) is 3.19. The van der Waals surface area contributed by atoms with Crippen LogP contribution in [0.25, 0.3) is 11.3 Å². The fourth-order valence-corrected chi connectivity index (χ4v) is 1.97. The average molecular weight is 272 g/mol. The average Bonchev–Trinajstić information content (AvgIpc) is 2.80. The van der Waals surface area contributed by atoms with Gasteiger partial charge in [0.1, 0.15) is 11.4 Å². The molecule has 108 valence electrons. The topological polar surface area (TPSA) is 42.7 Å². The second-order valence-electron chi connectivity index (χ2n) is 6.06. The number of aryl methyl sites for hydroxylation is 1. The van der Waals surface area contributed by atoms with Crippen LogP contribution in [0.5, 0.6) is 0 Å². The molecule has 1 N–H and O–H groups in total. The predicted octanol–water partition coefficient (Wildman–Crippen LogP) is 3.24. The first-order valence-corrected chi connectivity index (χ1v) is 7.24. The van der Waals surface area contributed by atoms with Crippen molar-refractivity contribution in [3.8, 4) is 11.3 Å². The third kappa shape index (κ3) is 3.90. The van der Waals surface area contributed by atoms with Crippen LogP contribution in [0.3, 0.4) is 0 Å². The van der Waals surface area contributed by atoms with Crippen LogP contribution in [-0.2, 0) is 13.1 Å². The Morgan fingerprint density at radius 1 is 1.10 bits per heavy atom. The minimum atomic E-state index is 0.0719. The minimum absolute atomic E-state index is 0.0719. The highest BCUT2D eigenvalue weighted by atomic mass is 15.5. The van der Waals surface area contributed by atoms with Crippen molar-refractivity contribution in [2.75, 3.05) is 0 Å². The van der Waals surface area contributed by atoms with Gasteiger partial charge in [-0.15, -0.1) is 0 Å². The molecule has 0 amide bonds. The summed E-state index contributed by atoms with van der Waals surface area (Å²) in [5.74, 6) is 0. The van der Waals surface area contributed by atoms with Crippen molar-refractivity contribution in [2.45, 2.75) is 52.7 Å². The minimum Gasteiger partial charge on any atom is -0.306 e. The molecule has 1 aromatic heterocycles. The number of nitrogens with one attached hydrogen (secondary N) is 1. The highest BCUT2D eigenvalue weighted by molar-refractivity contribution is 5.60. The van der Waals surface area contributed by atoms with Crippen LogP contribution in [0.1, 0.15) is 39.8 Å². The van der Waals surface area contributed by atoms with Crippen LogP contribution in [0.2, 0.25) is 0 Å². The Labute approximate surface area is 121 Å². The summed E-state index contributed by atoms with van der Waals surface area (Å²) in [6, 6.07) is 10.3. The van der Waals surface area contributed by atoms with Crippen molar-refractivity contribution in [1.29, 1.82) is 0 Å². The van der Waals surface area contributed by atoms with E-state index in [1.807, 2.05) is 23.0 Å². The molecular weight excluding hydrogens is 248 g/mol. The van der Waals surface area contributed by atoms with Gasteiger partial charge >= 0.3 is 0 Å². The summed E-state index contributed by atoms with van der Waals surface area (Å²) in [4.78, 5) is 1.81. The third-order valence-corrected chi connectivity index (χ3v) is 2.98. The Balaban J connectivity index is 2.29. The maximum absolute atomic E-state index is 4.64. The lowest BCUT2D eigenvalue weighted by Crippen LogP contribution is -2.35. The van der Waals surface area contributed by atoms with Crippen LogP contribution in [0.4, 0.5) is 0 Å². The molecule has 0 atom stereocenters. The quantitative estimate of drug-likeness (QED) is 0.908. The van der Waals surface area contributed by atoms with Crippen molar-refractivity contribution in [3.05, 3.63) is 36.0 Å². The van der Waals surface area contributed by atoms with Gasteiger partial charge in [0.25, 0.3) is 0 Å². The molecule has 1 heterocycles. The van der Waals surface area contributed by atoms with E-state index in [0.717, 1.165) is 36.5 Å². The molecule has 0 saturated carbocycles. The van der Waals surface area contributed by atoms with E-state index in [9.17, 15) is 0 Å². The van der Waals surface area contributed by atoms with Gasteiger partial charge in [0, 0.05) is 17.6 Å². The second kappa shape index (κ2) is 6.18. The molecule has 0 radical (unpaired) electrons. The van der Waals surface area contributed by atoms with Gasteiger partial charge in [0.15, 0.2) is 0 Å². The lowest BCUT2D eigenvalue weighted by atomic mass is 10.1. The van der Waals surface area contributed by atoms with Crippen molar-refractivity contribution < 1.29 is 0 Å². The Kier molecular flexibility index (Phi) is 4.55. The van der Waals surface area contributed by atoms with Gasteiger partial charge in [-0.2, -0.15) is 15.0 Å². The van der Waals surface area contributed by atoms with Crippen LogP contribution < -0.4 is 5.32 Å². The Bertz CT molecular complexity index is 537. The largest absolute Gasteiger partial charge is 0.306 e. The number of benzene rings is 1. The molecule has 4 nitrogen and oxygen atoms in total. The van der Waals surface area contributed by atoms with Gasteiger partial charge in [-0.3, -0.25) is 0 Å². The Hall–Kier alpha value is -1.68. The summed E-state index contributed by atoms with van der Waals surface area (Å²) >= 11 is 0. The van der Waals surface area contributed by atoms with E-state index in [1.54, 1.807) is 0 Å². The first-order chi connectivity index (χ1) is 9.49. The lowest BCUT2D eigenvalue weighted by molar-refractivity contribution is 0.418. The van der Waals surface area contributed by atoms with E-state index in [0.29, 0.717) is 0 Å². The molecule has 0 aliphatic rings. The highest BCUT2D eigenvalue weighted by Crippen LogP contribution is 2.20. The summed E-state index contributed by atoms with van der Waals surface area (Å²) in [6.45, 7) is 10.2. The molecule has 0 fully saturated rings. The molecule has 0 aliphatic carbocycles. The Morgan fingerprint density at radius 3 is 2.40 bits per heavy atom. The number of rotatable bonds is 5. The lowest BCUT2D eigenvalue weighted by Gasteiger charge is -2.19. The number of hydrogen-bond donors (Lipinski definition) is 1. The van der Waals surface area contributed by atoms with E-state index in [2.05, 4.69) is 55.3 Å². The van der Waals surface area contributed by atoms with Crippen LogP contribution in [-0.4, -0.2) is 20.5 Å². The summed E-state index contributed by atoms with van der Waals surface area (Å²) < 4.78 is 0. The van der Waals surface area contributed by atoms with E-state index >= 15 is 0 Å². The molecule has 0 bridgehead atoms. The standard InChI is InChI=1S/C16H24N4/c1-5-11-20-18-14(12-17-16(2,3)4)15(19-20)13-9-7-6-8-10-13/h6-10,17H,5,11-12H2,1-4H3. The fraction of sp³-hybridized carbons (Fsp3) is 0.500. The number of aromatic nitrogens is 3. The highest BCUT2D eigenvalue weighted by Gasteiger charge is 2.15. The summed E-state index contributed by atoms with van der Waals surface area (Å²) in [5, 5.41) is 12.7. The second-order valence-corrected chi connectivity index (χ2v) is 6.06. The van der Waals surface area contributed by atoms with Crippen molar-refractivity contribution in [1.82, 2.24) is 20.3 Å². The van der Waals surface area contributed by atoms with Gasteiger partial charge in [-0.25, -0.2) is 0 Å². The molecule has 2 aromatic rings. The summed E-state index contributed by atoms with van der Waals surface area (Å²) in [7, 11) is 0. The molecule has 2 rings (SSSR count). The fourth-order valence-electron chi connectivity index (χ4n) is 1.97. The van der Waals surface area contributed by atoms with Gasteiger partial charge in [0.05, 0.1) is 6.54 Å². The third-order valence-electron chi connectivity index (χ3n) is 2.98. The smallest absolute Gasteiger partial charge is 0.117 e. The van der Waals surface area contributed by atoms with Crippen molar-refractivity contribution in [3.63, 3.8) is 0 Å². The molecule has 0 aliphatic heterocycles. The first kappa shape index (κ1) is 14.7. The molecule has 1 aromatic carbocycles. The van der Waals surface area contributed by atoms with E-state index in [1.165, 1.54) is 0 Å². The maximum Gasteiger partial charge on any atom is 0.117 e. The van der Waals surface area contributed by atoms with Crippen molar-refractivity contribution in [2.24, 2.45) is 0 Å². The molecule has 20 heavy (non-hydrogen) atoms. The number of hydrogen-bond acceptors (Lipinski definition) is 3. The van der Waals surface area contributed by atoms with E-state index in [-0.39, 0.29) is 5.54 Å². The maximum atomic E-state index is 4.64. The summed E-state index contributed by atoms with van der Waals surface area (Å²) in [6.07, 6.45) is 1.04. The zero-order valence-corrected chi connectivity index (χ0v) is 12.8. The van der Waals surface area contributed by atoms with E-state index in [4.69, 9.17) is 0 Å². The number of nitrogens with zero attached hydrogens (tertiary/aromatic N) is 3. The monoisotopic (exact) mass is 272 g/mol. The van der Waals surface area contributed by atoms with E-state index < -0.39 is 0 Å². The SMILES string of the molecule is CCCn1nc(CNC(C)(C)C)c(-c2ccccc2)n1. The zero-order chi connectivity index (χ0) is 14.6. The van der Waals surface area contributed by atoms with Gasteiger partial charge in [-0.05, 0) is 27.2 Å². The zero-order valence-electron chi connectivity index (χ0n) is 12.8. The van der Waals surface area contributed by atoms with Gasteiger partial charge in [0.2, 0.25) is 0 Å². The Morgan fingerprint density at radius 2 is 1.80 bits per heavy atom. The molecule has 0 spiro atoms. The molecular formula is C16H24N4. The van der Waals surface area contributed by atoms with Crippen LogP contribution >= 0.6 is 0 Å². The van der Waals surface area contributed by atoms with Crippen LogP contribution in [0.15, 0.2) is 30.3 Å². The molecule has 0 saturated heterocycles. The first-order valence-electron chi connectivity index (χ1n) is 7.24. The van der Waals surface area contributed by atoms with Gasteiger partial charge in [-0.1, -0.05) is 37.3 Å². The van der Waals surface area contributed by atoms with Gasteiger partial charge < -0.3 is 5.32 Å². The predicted molar refractivity (Wildman–Crippen MR) is 82.3 cm³/mol. The van der Waals surface area contributed by atoms with Crippen LogP contribution in [0, 0.1) is 0 Å². The molecule has 0 unspecified atom stereocenters. The molecule has 4 heteroatoms. The van der Waals surface area contributed by atoms with Crippen molar-refractivity contribution >= 4 is 0 Å².